The summed E-state index contributed by atoms with van der Waals surface area (Å²) in [5.41, 5.74) is 0.804. The third-order valence-electron chi connectivity index (χ3n) is 1.74. The Hall–Kier alpha value is -0.850. The molecule has 62 valence electrons. The number of aromatic amines is 1. The highest BCUT2D eigenvalue weighted by Crippen LogP contribution is 2.06. The van der Waals surface area contributed by atoms with Crippen LogP contribution in [0.25, 0.3) is 11.0 Å². The number of nitrogens with zero attached hydrogens (tertiary/aromatic N) is 2. The van der Waals surface area contributed by atoms with Gasteiger partial charge < -0.3 is 4.98 Å². The van der Waals surface area contributed by atoms with E-state index in [0.29, 0.717) is 8.96 Å². The molecule has 0 aliphatic carbocycles. The van der Waals surface area contributed by atoms with Crippen molar-refractivity contribution in [3.63, 3.8) is 0 Å². The molecule has 0 saturated heterocycles. The summed E-state index contributed by atoms with van der Waals surface area (Å²) in [6, 6.07) is 0. The van der Waals surface area contributed by atoms with E-state index in [1.807, 2.05) is 22.6 Å². The Morgan fingerprint density at radius 2 is 2.42 bits per heavy atom. The third-order valence-corrected chi connectivity index (χ3v) is 2.54. The van der Waals surface area contributed by atoms with Crippen LogP contribution in [0.2, 0.25) is 0 Å². The minimum Gasteiger partial charge on any atom is -0.345 e. The monoisotopic (exact) mass is 275 g/mol. The average Bonchev–Trinajstić information content (AvgIpc) is 2.41. The number of nitrogens with one attached hydrogen (secondary N) is 1. The molecular weight excluding hydrogens is 269 g/mol. The number of aromatic nitrogens is 3. The highest BCUT2D eigenvalue weighted by Gasteiger charge is 2.05. The maximum absolute atomic E-state index is 11.5. The van der Waals surface area contributed by atoms with Crippen LogP contribution in [-0.4, -0.2) is 14.8 Å². The molecule has 0 unspecified atom stereocenters. The molecule has 2 heterocycles. The molecule has 2 aromatic heterocycles. The molecule has 0 aromatic carbocycles. The Morgan fingerprint density at radius 3 is 3.17 bits per heavy atom. The van der Waals surface area contributed by atoms with Crippen molar-refractivity contribution in [2.45, 2.75) is 0 Å². The van der Waals surface area contributed by atoms with Gasteiger partial charge in [0.25, 0.3) is 0 Å². The lowest BCUT2D eigenvalue weighted by atomic mass is 10.3. The summed E-state index contributed by atoms with van der Waals surface area (Å²) in [4.78, 5) is 14.5. The van der Waals surface area contributed by atoms with E-state index in [1.165, 1.54) is 0 Å². The zero-order valence-electron chi connectivity index (χ0n) is 6.34. The first-order valence-corrected chi connectivity index (χ1v) is 4.47. The fraction of sp³-hybridized carbons (Fsp3) is 0.143. The predicted molar refractivity (Wildman–Crippen MR) is 54.1 cm³/mol. The minimum absolute atomic E-state index is 0.0393. The van der Waals surface area contributed by atoms with Crippen LogP contribution in [0.3, 0.4) is 0 Å². The average molecular weight is 275 g/mol. The highest BCUT2D eigenvalue weighted by atomic mass is 127. The van der Waals surface area contributed by atoms with E-state index < -0.39 is 0 Å². The van der Waals surface area contributed by atoms with Crippen LogP contribution in [-0.2, 0) is 7.05 Å². The van der Waals surface area contributed by atoms with Gasteiger partial charge in [0.05, 0.1) is 15.2 Å². The topological polar surface area (TPSA) is 50.7 Å². The Labute approximate surface area is 81.7 Å². The van der Waals surface area contributed by atoms with Crippen molar-refractivity contribution in [1.29, 1.82) is 0 Å². The van der Waals surface area contributed by atoms with Crippen LogP contribution in [0.15, 0.2) is 17.2 Å². The first-order valence-electron chi connectivity index (χ1n) is 3.39. The molecule has 1 N–H and O–H groups in total. The van der Waals surface area contributed by atoms with Gasteiger partial charge in [-0.1, -0.05) is 0 Å². The van der Waals surface area contributed by atoms with Gasteiger partial charge >= 0.3 is 0 Å². The SMILES string of the molecule is Cn1ncc2c(=O)c(I)c[nH]c21. The molecular formula is C7H6IN3O. The molecule has 5 heteroatoms. The van der Waals surface area contributed by atoms with Gasteiger partial charge in [0, 0.05) is 13.2 Å². The lowest BCUT2D eigenvalue weighted by Gasteiger charge is -1.93. The first kappa shape index (κ1) is 7.78. The Kier molecular flexibility index (Phi) is 1.67. The normalized spacial score (nSPS) is 10.8. The molecule has 0 spiro atoms. The number of hydrogen-bond acceptors (Lipinski definition) is 2. The van der Waals surface area contributed by atoms with Gasteiger partial charge in [0.2, 0.25) is 5.43 Å². The molecule has 0 saturated carbocycles. The van der Waals surface area contributed by atoms with Gasteiger partial charge in [-0.3, -0.25) is 9.48 Å². The van der Waals surface area contributed by atoms with Gasteiger partial charge in [-0.2, -0.15) is 5.10 Å². The number of halogens is 1. The lowest BCUT2D eigenvalue weighted by Crippen LogP contribution is -2.05. The van der Waals surface area contributed by atoms with Crippen molar-refractivity contribution in [3.05, 3.63) is 26.2 Å². The van der Waals surface area contributed by atoms with E-state index >= 15 is 0 Å². The number of H-pyrrole nitrogens is 1. The Bertz CT molecular complexity index is 485. The molecule has 0 bridgehead atoms. The van der Waals surface area contributed by atoms with Crippen LogP contribution < -0.4 is 5.43 Å². The van der Waals surface area contributed by atoms with E-state index in [9.17, 15) is 4.79 Å². The fourth-order valence-electron chi connectivity index (χ4n) is 1.10. The summed E-state index contributed by atoms with van der Waals surface area (Å²) < 4.78 is 2.33. The molecule has 0 aliphatic rings. The van der Waals surface area contributed by atoms with Crippen LogP contribution in [0, 0.1) is 3.57 Å². The second kappa shape index (κ2) is 2.58. The number of fused-ring (bicyclic) bond motifs is 1. The quantitative estimate of drug-likeness (QED) is 0.725. The van der Waals surface area contributed by atoms with Crippen molar-refractivity contribution >= 4 is 33.6 Å². The van der Waals surface area contributed by atoms with Crippen LogP contribution in [0.1, 0.15) is 0 Å². The fourth-order valence-corrected chi connectivity index (χ4v) is 1.55. The standard InChI is InChI=1S/C7H6IN3O/c1-11-7-4(2-10-11)6(12)5(8)3-9-7/h2-3H,1H3,(H,9,12). The maximum Gasteiger partial charge on any atom is 0.205 e. The Morgan fingerprint density at radius 1 is 1.67 bits per heavy atom. The zero-order valence-corrected chi connectivity index (χ0v) is 8.49. The van der Waals surface area contributed by atoms with E-state index in [-0.39, 0.29) is 5.43 Å². The summed E-state index contributed by atoms with van der Waals surface area (Å²) >= 11 is 2.00. The van der Waals surface area contributed by atoms with Gasteiger partial charge in [-0.15, -0.1) is 0 Å². The second-order valence-corrected chi connectivity index (χ2v) is 3.66. The molecule has 2 aromatic rings. The molecule has 0 radical (unpaired) electrons. The smallest absolute Gasteiger partial charge is 0.205 e. The molecule has 0 amide bonds. The molecule has 0 atom stereocenters. The molecule has 4 nitrogen and oxygen atoms in total. The zero-order chi connectivity index (χ0) is 8.72. The van der Waals surface area contributed by atoms with E-state index in [2.05, 4.69) is 10.1 Å². The number of pyridine rings is 1. The number of hydrogen-bond donors (Lipinski definition) is 1. The van der Waals surface area contributed by atoms with Crippen molar-refractivity contribution in [3.8, 4) is 0 Å². The summed E-state index contributed by atoms with van der Waals surface area (Å²) in [5.74, 6) is 0. The Balaban J connectivity index is 3.03. The van der Waals surface area contributed by atoms with Crippen LogP contribution in [0.5, 0.6) is 0 Å². The largest absolute Gasteiger partial charge is 0.345 e. The predicted octanol–water partition coefficient (Wildman–Crippen LogP) is 0.866. The van der Waals surface area contributed by atoms with E-state index in [1.54, 1.807) is 24.1 Å². The minimum atomic E-state index is 0.0393. The molecule has 2 rings (SSSR count). The third kappa shape index (κ3) is 0.961. The van der Waals surface area contributed by atoms with Gasteiger partial charge in [-0.05, 0) is 22.6 Å². The lowest BCUT2D eigenvalue weighted by molar-refractivity contribution is 0.786. The van der Waals surface area contributed by atoms with Crippen molar-refractivity contribution < 1.29 is 0 Å². The van der Waals surface area contributed by atoms with Crippen molar-refractivity contribution in [2.24, 2.45) is 7.05 Å². The second-order valence-electron chi connectivity index (χ2n) is 2.50. The van der Waals surface area contributed by atoms with Crippen molar-refractivity contribution in [2.75, 3.05) is 0 Å². The van der Waals surface area contributed by atoms with Gasteiger partial charge in [-0.25, -0.2) is 0 Å². The number of rotatable bonds is 0. The molecule has 12 heavy (non-hydrogen) atoms. The first-order chi connectivity index (χ1) is 5.70. The van der Waals surface area contributed by atoms with Crippen LogP contribution in [0.4, 0.5) is 0 Å². The van der Waals surface area contributed by atoms with E-state index in [4.69, 9.17) is 0 Å². The molecule has 0 fully saturated rings. The number of aryl methyl sites for hydroxylation is 1. The maximum atomic E-state index is 11.5. The highest BCUT2D eigenvalue weighted by molar-refractivity contribution is 14.1. The van der Waals surface area contributed by atoms with Gasteiger partial charge in [0.15, 0.2) is 0 Å². The van der Waals surface area contributed by atoms with Gasteiger partial charge in [0.1, 0.15) is 5.65 Å². The van der Waals surface area contributed by atoms with E-state index in [0.717, 1.165) is 5.65 Å². The molecule has 0 aliphatic heterocycles. The summed E-state index contributed by atoms with van der Waals surface area (Å²) in [6.07, 6.45) is 3.27. The van der Waals surface area contributed by atoms with Crippen LogP contribution >= 0.6 is 22.6 Å². The summed E-state index contributed by atoms with van der Waals surface area (Å²) in [7, 11) is 1.80. The summed E-state index contributed by atoms with van der Waals surface area (Å²) in [5, 5.41) is 4.62. The van der Waals surface area contributed by atoms with Crippen molar-refractivity contribution in [1.82, 2.24) is 14.8 Å². The summed E-state index contributed by atoms with van der Waals surface area (Å²) in [6.45, 7) is 0.